The molecule has 4 heteroatoms. The fourth-order valence-corrected chi connectivity index (χ4v) is 1.48. The molecule has 0 bridgehead atoms. The molecule has 0 spiro atoms. The van der Waals surface area contributed by atoms with Crippen LogP contribution in [-0.4, -0.2) is 24.4 Å². The fourth-order valence-electron chi connectivity index (χ4n) is 1.48. The van der Waals surface area contributed by atoms with Gasteiger partial charge >= 0.3 is 0 Å². The van der Waals surface area contributed by atoms with Crippen molar-refractivity contribution in [2.45, 2.75) is 38.8 Å². The van der Waals surface area contributed by atoms with Crippen molar-refractivity contribution in [3.63, 3.8) is 0 Å². The molecule has 102 valence electrons. The van der Waals surface area contributed by atoms with Crippen molar-refractivity contribution >= 4 is 0 Å². The number of rotatable bonds is 6. The van der Waals surface area contributed by atoms with Crippen molar-refractivity contribution in [2.75, 3.05) is 13.7 Å². The van der Waals surface area contributed by atoms with Gasteiger partial charge in [-0.15, -0.1) is 0 Å². The summed E-state index contributed by atoms with van der Waals surface area (Å²) < 4.78 is 10.9. The molecule has 2 atom stereocenters. The quantitative estimate of drug-likeness (QED) is 0.816. The van der Waals surface area contributed by atoms with Crippen molar-refractivity contribution in [3.05, 3.63) is 23.8 Å². The summed E-state index contributed by atoms with van der Waals surface area (Å²) in [5.41, 5.74) is 5.96. The molecule has 1 aromatic rings. The van der Waals surface area contributed by atoms with E-state index in [0.29, 0.717) is 17.9 Å². The second kappa shape index (κ2) is 6.07. The van der Waals surface area contributed by atoms with Gasteiger partial charge in [-0.1, -0.05) is 13.0 Å². The zero-order valence-corrected chi connectivity index (χ0v) is 11.6. The first-order valence-corrected chi connectivity index (χ1v) is 6.18. The second-order valence-corrected chi connectivity index (χ2v) is 4.83. The topological polar surface area (TPSA) is 64.7 Å². The van der Waals surface area contributed by atoms with E-state index in [-0.39, 0.29) is 12.6 Å². The Morgan fingerprint density at radius 1 is 1.44 bits per heavy atom. The van der Waals surface area contributed by atoms with Gasteiger partial charge in [0.15, 0.2) is 0 Å². The Labute approximate surface area is 109 Å². The summed E-state index contributed by atoms with van der Waals surface area (Å²) >= 11 is 0. The first kappa shape index (κ1) is 14.8. The molecule has 2 unspecified atom stereocenters. The predicted octanol–water partition coefficient (Wildman–Crippen LogP) is 2.25. The molecule has 0 saturated heterocycles. The van der Waals surface area contributed by atoms with Crippen molar-refractivity contribution in [3.8, 4) is 11.5 Å². The smallest absolute Gasteiger partial charge is 0.127 e. The summed E-state index contributed by atoms with van der Waals surface area (Å²) in [6.45, 7) is 5.79. The number of methoxy groups -OCH3 is 1. The van der Waals surface area contributed by atoms with E-state index >= 15 is 0 Å². The Kier molecular flexibility index (Phi) is 4.99. The summed E-state index contributed by atoms with van der Waals surface area (Å²) in [5, 5.41) is 9.95. The zero-order valence-electron chi connectivity index (χ0n) is 11.6. The van der Waals surface area contributed by atoms with Crippen LogP contribution in [0, 0.1) is 0 Å². The molecule has 0 radical (unpaired) electrons. The lowest BCUT2D eigenvalue weighted by atomic mass is 10.0. The van der Waals surface area contributed by atoms with Gasteiger partial charge in [0.2, 0.25) is 0 Å². The second-order valence-electron chi connectivity index (χ2n) is 4.83. The van der Waals surface area contributed by atoms with Gasteiger partial charge in [-0.25, -0.2) is 0 Å². The summed E-state index contributed by atoms with van der Waals surface area (Å²) in [4.78, 5) is 0. The first-order chi connectivity index (χ1) is 8.39. The Bertz CT molecular complexity index is 389. The van der Waals surface area contributed by atoms with E-state index in [1.807, 2.05) is 26.0 Å². The molecule has 0 aliphatic rings. The van der Waals surface area contributed by atoms with Gasteiger partial charge in [-0.3, -0.25) is 0 Å². The maximum Gasteiger partial charge on any atom is 0.127 e. The lowest BCUT2D eigenvalue weighted by Crippen LogP contribution is -2.31. The molecule has 3 N–H and O–H groups in total. The molecule has 4 nitrogen and oxygen atoms in total. The zero-order chi connectivity index (χ0) is 13.8. The lowest BCUT2D eigenvalue weighted by molar-refractivity contribution is 0.00803. The van der Waals surface area contributed by atoms with Crippen molar-refractivity contribution in [1.29, 1.82) is 0 Å². The van der Waals surface area contributed by atoms with E-state index in [1.54, 1.807) is 20.1 Å². The highest BCUT2D eigenvalue weighted by Crippen LogP contribution is 2.29. The third-order valence-corrected chi connectivity index (χ3v) is 3.01. The highest BCUT2D eigenvalue weighted by atomic mass is 16.5. The highest BCUT2D eigenvalue weighted by Gasteiger charge is 2.20. The Morgan fingerprint density at radius 3 is 2.61 bits per heavy atom. The molecule has 1 aromatic carbocycles. The number of nitrogens with two attached hydrogens (primary N) is 1. The normalized spacial score (nSPS) is 15.9. The molecular weight excluding hydrogens is 230 g/mol. The van der Waals surface area contributed by atoms with Crippen LogP contribution in [0.15, 0.2) is 18.2 Å². The number of hydrogen-bond donors (Lipinski definition) is 2. The van der Waals surface area contributed by atoms with E-state index in [4.69, 9.17) is 15.2 Å². The summed E-state index contributed by atoms with van der Waals surface area (Å²) in [6.07, 6.45) is 0.629. The number of ether oxygens (including phenoxy) is 2. The molecule has 0 fully saturated rings. The van der Waals surface area contributed by atoms with E-state index in [9.17, 15) is 5.11 Å². The Morgan fingerprint density at radius 2 is 2.11 bits per heavy atom. The van der Waals surface area contributed by atoms with Crippen molar-refractivity contribution < 1.29 is 14.6 Å². The summed E-state index contributed by atoms with van der Waals surface area (Å²) in [5.74, 6) is 1.38. The molecule has 18 heavy (non-hydrogen) atoms. The molecular formula is C14H23NO3. The van der Waals surface area contributed by atoms with Crippen molar-refractivity contribution in [1.82, 2.24) is 0 Å². The van der Waals surface area contributed by atoms with Crippen LogP contribution in [0.3, 0.4) is 0 Å². The van der Waals surface area contributed by atoms with E-state index in [0.717, 1.165) is 5.56 Å². The van der Waals surface area contributed by atoms with Gasteiger partial charge in [-0.05, 0) is 26.3 Å². The highest BCUT2D eigenvalue weighted by molar-refractivity contribution is 5.42. The largest absolute Gasteiger partial charge is 0.497 e. The fraction of sp³-hybridized carbons (Fsp3) is 0.571. The van der Waals surface area contributed by atoms with Crippen LogP contribution in [0.1, 0.15) is 38.8 Å². The first-order valence-electron chi connectivity index (χ1n) is 6.18. The molecule has 1 rings (SSSR count). The molecule has 0 heterocycles. The number of hydrogen-bond acceptors (Lipinski definition) is 4. The minimum absolute atomic E-state index is 0.127. The van der Waals surface area contributed by atoms with Crippen LogP contribution >= 0.6 is 0 Å². The molecule has 0 aliphatic heterocycles. The minimum atomic E-state index is -0.835. The van der Waals surface area contributed by atoms with Crippen LogP contribution in [-0.2, 0) is 0 Å². The molecule has 0 aliphatic carbocycles. The van der Waals surface area contributed by atoms with Gasteiger partial charge in [0.05, 0.1) is 12.7 Å². The van der Waals surface area contributed by atoms with Crippen LogP contribution in [0.4, 0.5) is 0 Å². The Balaban J connectivity index is 2.91. The molecule has 0 aromatic heterocycles. The molecule has 0 saturated carbocycles. The standard InChI is InChI=1S/C14H23NO3/c1-5-14(3,16)9-18-13-8-11(17-4)6-7-12(13)10(2)15/h6-8,10,16H,5,9,15H2,1-4H3. The van der Waals surface area contributed by atoms with E-state index in [1.165, 1.54) is 0 Å². The Hall–Kier alpha value is -1.26. The van der Waals surface area contributed by atoms with Gasteiger partial charge in [0.25, 0.3) is 0 Å². The average molecular weight is 253 g/mol. The van der Waals surface area contributed by atoms with Crippen LogP contribution in [0.2, 0.25) is 0 Å². The van der Waals surface area contributed by atoms with Gasteiger partial charge in [0.1, 0.15) is 18.1 Å². The van der Waals surface area contributed by atoms with Gasteiger partial charge in [0, 0.05) is 17.7 Å². The maximum atomic E-state index is 9.95. The summed E-state index contributed by atoms with van der Waals surface area (Å²) in [6, 6.07) is 5.41. The predicted molar refractivity (Wildman–Crippen MR) is 72.0 cm³/mol. The molecule has 0 amide bonds. The number of benzene rings is 1. The lowest BCUT2D eigenvalue weighted by Gasteiger charge is -2.23. The van der Waals surface area contributed by atoms with Crippen molar-refractivity contribution in [2.24, 2.45) is 5.73 Å². The minimum Gasteiger partial charge on any atom is -0.497 e. The third kappa shape index (κ3) is 3.89. The SMILES string of the molecule is CCC(C)(O)COc1cc(OC)ccc1C(C)N. The van der Waals surface area contributed by atoms with Gasteiger partial charge < -0.3 is 20.3 Å². The van der Waals surface area contributed by atoms with Gasteiger partial charge in [-0.2, -0.15) is 0 Å². The maximum absolute atomic E-state index is 9.95. The van der Waals surface area contributed by atoms with Crippen LogP contribution in [0.5, 0.6) is 11.5 Å². The van der Waals surface area contributed by atoms with Crippen LogP contribution in [0.25, 0.3) is 0 Å². The third-order valence-electron chi connectivity index (χ3n) is 3.01. The van der Waals surface area contributed by atoms with E-state index in [2.05, 4.69) is 0 Å². The monoisotopic (exact) mass is 253 g/mol. The van der Waals surface area contributed by atoms with Crippen LogP contribution < -0.4 is 15.2 Å². The van der Waals surface area contributed by atoms with E-state index < -0.39 is 5.60 Å². The number of aliphatic hydroxyl groups is 1. The summed E-state index contributed by atoms with van der Waals surface area (Å²) in [7, 11) is 1.60. The average Bonchev–Trinajstić information content (AvgIpc) is 2.36.